The van der Waals surface area contributed by atoms with Crippen molar-refractivity contribution >= 4 is 0 Å². The highest BCUT2D eigenvalue weighted by Gasteiger charge is 2.34. The molecule has 0 saturated heterocycles. The Hall–Kier alpha value is -12.5. The topological polar surface area (TPSA) is 44.0 Å². The van der Waals surface area contributed by atoms with Gasteiger partial charge in [0.25, 0.3) is 31.5 Å². The summed E-state index contributed by atoms with van der Waals surface area (Å²) in [5.41, 5.74) is 29.2. The van der Waals surface area contributed by atoms with Gasteiger partial charge in [-0.3, -0.25) is 0 Å². The maximum atomic E-state index is 9.02. The third-order valence-electron chi connectivity index (χ3n) is 23.1. The Kier molecular flexibility index (Phi) is 23.4. The quantitative estimate of drug-likeness (QED) is 0.103. The lowest BCUT2D eigenvalue weighted by Crippen LogP contribution is -2.32. The average molecular weight is 1520 g/mol. The zero-order valence-corrected chi connectivity index (χ0v) is 69.1. The molecule has 0 amide bonds. The van der Waals surface area contributed by atoms with Gasteiger partial charge in [-0.15, -0.1) is 0 Å². The van der Waals surface area contributed by atoms with Crippen molar-refractivity contribution in [2.75, 3.05) is 0 Å². The van der Waals surface area contributed by atoms with Crippen LogP contribution in [0, 0.1) is 83.1 Å². The highest BCUT2D eigenvalue weighted by atomic mass is 15.2. The van der Waals surface area contributed by atoms with Gasteiger partial charge in [-0.2, -0.15) is 45.7 Å². The van der Waals surface area contributed by atoms with E-state index in [0.717, 1.165) is 102 Å². The van der Waals surface area contributed by atoms with Gasteiger partial charge in [0.2, 0.25) is 0 Å². The van der Waals surface area contributed by atoms with E-state index in [-0.39, 0.29) is 0 Å². The number of nitrogens with zero attached hydrogens (tertiary/aromatic N) is 10. The van der Waals surface area contributed by atoms with Crippen LogP contribution < -0.4 is 22.8 Å². The molecule has 578 valence electrons. The van der Waals surface area contributed by atoms with Crippen molar-refractivity contribution < 1.29 is 29.7 Å². The summed E-state index contributed by atoms with van der Waals surface area (Å²) in [4.78, 5) is 0. The first-order chi connectivity index (χ1) is 58.3. The monoisotopic (exact) mass is 1520 g/mol. The number of rotatable bonds is 13. The Morgan fingerprint density at radius 2 is 0.443 bits per heavy atom. The molecule has 10 heteroatoms. The van der Waals surface area contributed by atoms with Crippen LogP contribution in [0.2, 0.25) is 0 Å². The first-order valence-electron chi connectivity index (χ1n) is 43.5. The molecule has 2 aliphatic carbocycles. The Morgan fingerprint density at radius 1 is 0.226 bits per heavy atom. The number of aromatic nitrogens is 10. The van der Waals surface area contributed by atoms with Crippen molar-refractivity contribution in [3.63, 3.8) is 0 Å². The summed E-state index contributed by atoms with van der Waals surface area (Å²) in [5, 5.41) is 0. The number of imidazole rings is 5. The minimum absolute atomic E-state index is 0.446. The molecule has 0 aliphatic heterocycles. The van der Waals surface area contributed by atoms with Crippen LogP contribution in [-0.2, 0) is 0 Å². The fraction of sp³-hybridized carbons (Fsp3) is 0.229. The molecule has 0 N–H and O–H groups in total. The summed E-state index contributed by atoms with van der Waals surface area (Å²) >= 11 is 0. The van der Waals surface area contributed by atoms with Crippen molar-refractivity contribution in [1.82, 2.24) is 22.8 Å². The summed E-state index contributed by atoms with van der Waals surface area (Å²) in [5.74, 6) is 1.08. The molecule has 2 aliphatic rings. The van der Waals surface area contributed by atoms with E-state index in [1.54, 1.807) is 0 Å². The first kappa shape index (κ1) is 72.7. The summed E-state index contributed by atoms with van der Waals surface area (Å²) in [6.07, 6.45) is 15.3. The zero-order chi connectivity index (χ0) is 84.3. The molecule has 2 saturated carbocycles. The average Bonchev–Trinajstić information content (AvgIpc) is 1.60. The molecule has 2 fully saturated rings. The maximum Gasteiger partial charge on any atom is 0.254 e. The predicted octanol–water partition coefficient (Wildman–Crippen LogP) is 23.2. The Balaban J connectivity index is 0.000000123. The summed E-state index contributed by atoms with van der Waals surface area (Å²) < 4.78 is 64.9. The van der Waals surface area contributed by atoms with E-state index in [2.05, 4.69) is 247 Å². The lowest BCUT2D eigenvalue weighted by molar-refractivity contribution is -0.602. The van der Waals surface area contributed by atoms with Gasteiger partial charge in [0, 0.05) is 65.9 Å². The van der Waals surface area contributed by atoms with Gasteiger partial charge in [-0.1, -0.05) is 251 Å². The van der Waals surface area contributed by atoms with Crippen LogP contribution in [-0.4, -0.2) is 22.8 Å². The molecule has 0 radical (unpaired) electrons. The lowest BCUT2D eigenvalue weighted by Gasteiger charge is -2.20. The molecule has 0 bridgehead atoms. The van der Waals surface area contributed by atoms with Crippen LogP contribution in [0.4, 0.5) is 0 Å². The van der Waals surface area contributed by atoms with E-state index in [9.17, 15) is 0 Å². The fourth-order valence-corrected chi connectivity index (χ4v) is 16.5. The molecule has 5 aromatic heterocycles. The molecular weight excluding hydrogens is 1400 g/mol. The predicted molar refractivity (Wildman–Crippen MR) is 470 cm³/mol. The third-order valence-corrected chi connectivity index (χ3v) is 23.1. The lowest BCUT2D eigenvalue weighted by atomic mass is 9.86. The van der Waals surface area contributed by atoms with Gasteiger partial charge in [-0.25, -0.2) is 0 Å². The van der Waals surface area contributed by atoms with Crippen molar-refractivity contribution in [1.29, 1.82) is 0 Å². The number of aryl methyl sites for hydroxylation is 5. The van der Waals surface area contributed by atoms with Crippen LogP contribution in [0.15, 0.2) is 335 Å². The van der Waals surface area contributed by atoms with Gasteiger partial charge in [-0.05, 0) is 179 Å². The third kappa shape index (κ3) is 17.7. The fourth-order valence-electron chi connectivity index (χ4n) is 16.5. The zero-order valence-electron chi connectivity index (χ0n) is 74.1. The van der Waals surface area contributed by atoms with Crippen LogP contribution in [0.25, 0.3) is 68.1 Å². The second-order valence-corrected chi connectivity index (χ2v) is 30.7. The number of benzene rings is 11. The summed E-state index contributed by atoms with van der Waals surface area (Å²) in [6, 6.07) is 103. The Morgan fingerprint density at radius 3 is 0.730 bits per heavy atom. The van der Waals surface area contributed by atoms with E-state index >= 15 is 0 Å². The SMILES string of the molecule is [2H]c1n(-c2ccccc2)c(-c2ccccc2)c(C)[n+]1-c1ccccc1C.[2H]c1n(-c2ccccc2)c(C)c(C)[n+]1-c1ccccc1C.[2H]c1n(-c2ccccc2)c(C)c(C)[n+]1-c1ccccc1C.[2H]c1n(-c2ccccc2)c(C2CCCCC2)c(C)[n+]1-c1ccccc1C.[2H]c1n(-c2ccccc2)c(C2CCCCC2)c(C)[n+]1-c1ccccc1C. The molecule has 5 heterocycles. The number of hydrogen-bond donors (Lipinski definition) is 0. The van der Waals surface area contributed by atoms with Gasteiger partial charge >= 0.3 is 0 Å². The molecule has 0 spiro atoms. The Bertz CT molecular complexity index is 5840. The smallest absolute Gasteiger partial charge is 0.199 e. The van der Waals surface area contributed by atoms with Crippen molar-refractivity contribution in [3.05, 3.63) is 414 Å². The normalized spacial score (nSPS) is 13.4. The molecule has 115 heavy (non-hydrogen) atoms. The maximum absolute atomic E-state index is 9.02. The standard InChI is InChI=1S/2C23H27N2.C23H21N2.2C18H19N2/c3*1-18-11-9-10-16-22(18)24-17-25(21-14-7-4-8-15-21)23(19(24)2)20-12-5-3-6-13-20;2*1-14-9-7-8-12-18(14)20-13-19(15(2)16(20)3)17-10-5-4-6-11-17/h2*4,7-11,14-17,20H,3,5-6,12-13H2,1-2H3;3-17H,1-2H3;2*4-13H,1-3H3/q5*+1/i3*17D;2*13D. The molecule has 16 aromatic rings. The molecule has 0 atom stereocenters. The van der Waals surface area contributed by atoms with E-state index < -0.39 is 0 Å². The molecule has 11 aromatic carbocycles. The summed E-state index contributed by atoms with van der Waals surface area (Å²) in [7, 11) is 0. The van der Waals surface area contributed by atoms with E-state index in [4.69, 9.17) is 6.85 Å². The van der Waals surface area contributed by atoms with Crippen molar-refractivity contribution in [2.45, 2.75) is 159 Å². The van der Waals surface area contributed by atoms with Gasteiger partial charge < -0.3 is 0 Å². The van der Waals surface area contributed by atoms with Crippen LogP contribution in [0.1, 0.15) is 162 Å². The van der Waals surface area contributed by atoms with Gasteiger partial charge in [0.05, 0.1) is 0 Å². The van der Waals surface area contributed by atoms with E-state index in [1.807, 2.05) is 185 Å². The second-order valence-electron chi connectivity index (χ2n) is 30.7. The minimum Gasteiger partial charge on any atom is -0.199 e. The first-order valence-corrected chi connectivity index (χ1v) is 41.0. The molecule has 18 rings (SSSR count). The summed E-state index contributed by atoms with van der Waals surface area (Å²) in [6.45, 7) is 25.2. The van der Waals surface area contributed by atoms with Gasteiger partial charge in [0.1, 0.15) is 91.0 Å². The number of para-hydroxylation sites is 10. The second kappa shape index (κ2) is 37.0. The van der Waals surface area contributed by atoms with Crippen LogP contribution >= 0.6 is 0 Å². The van der Waals surface area contributed by atoms with Crippen molar-refractivity contribution in [3.8, 4) is 68.1 Å². The van der Waals surface area contributed by atoms with Crippen molar-refractivity contribution in [2.24, 2.45) is 0 Å². The highest BCUT2D eigenvalue weighted by molar-refractivity contribution is 5.64. The largest absolute Gasteiger partial charge is 0.254 e. The van der Waals surface area contributed by atoms with Crippen LogP contribution in [0.3, 0.4) is 0 Å². The van der Waals surface area contributed by atoms with E-state index in [0.29, 0.717) is 43.4 Å². The van der Waals surface area contributed by atoms with E-state index in [1.165, 1.54) is 109 Å². The highest BCUT2D eigenvalue weighted by Crippen LogP contribution is 2.38. The minimum atomic E-state index is 0.446. The number of hydrogen-bond acceptors (Lipinski definition) is 0. The Labute approximate surface area is 689 Å². The van der Waals surface area contributed by atoms with Crippen LogP contribution in [0.5, 0.6) is 0 Å². The molecular formula is C105H113N10+5. The van der Waals surface area contributed by atoms with Gasteiger partial charge in [0.15, 0.2) is 29.6 Å². The molecule has 0 unspecified atom stereocenters. The molecule has 10 nitrogen and oxygen atoms in total.